The van der Waals surface area contributed by atoms with E-state index in [0.29, 0.717) is 66.9 Å². The lowest BCUT2D eigenvalue weighted by molar-refractivity contribution is 0.0536. The fourth-order valence-electron chi connectivity index (χ4n) is 5.00. The summed E-state index contributed by atoms with van der Waals surface area (Å²) in [5.74, 6) is 1.64. The summed E-state index contributed by atoms with van der Waals surface area (Å²) in [5.41, 5.74) is 6.99. The molecule has 2 aliphatic carbocycles. The second-order valence-electron chi connectivity index (χ2n) is 11.3. The number of ether oxygens (including phenoxy) is 3. The molecule has 13 heteroatoms. The van der Waals surface area contributed by atoms with Crippen molar-refractivity contribution < 1.29 is 14.2 Å². The summed E-state index contributed by atoms with van der Waals surface area (Å²) in [5, 5.41) is 7.52. The summed E-state index contributed by atoms with van der Waals surface area (Å²) >= 11 is 6.35. The Morgan fingerprint density at radius 2 is 2.05 bits per heavy atom. The van der Waals surface area contributed by atoms with Gasteiger partial charge in [0.15, 0.2) is 0 Å². The van der Waals surface area contributed by atoms with Crippen molar-refractivity contribution in [2.45, 2.75) is 82.3 Å². The average molecular weight is 618 g/mol. The van der Waals surface area contributed by atoms with Crippen LogP contribution >= 0.6 is 11.6 Å². The van der Waals surface area contributed by atoms with Gasteiger partial charge in [-0.25, -0.2) is 9.98 Å². The smallest absolute Gasteiger partial charge is 0.256 e. The van der Waals surface area contributed by atoms with Crippen LogP contribution in [0.25, 0.3) is 0 Å². The van der Waals surface area contributed by atoms with E-state index < -0.39 is 5.40 Å². The standard InChI is InChI=1S/C31H42B2ClN7O3/c1-3-37-30(38-15-14-23-10-13-26(34)28(18-23)44-22(2)19-36-21-35)39-27-20-41(25-8-5-4-6-9-25)40-29(27)42-16-7-17-43-31(32,33)24-11-12-24/h3,10,13,15,18,20-22,24-25H,1,4-9,11-12,14,16-17,19H2,2H3,(H2,35,36)(H,37,39)/t22-/m0/s1. The number of aromatic nitrogens is 2. The highest BCUT2D eigenvalue weighted by molar-refractivity contribution is 6.39. The molecule has 1 heterocycles. The van der Waals surface area contributed by atoms with Crippen molar-refractivity contribution >= 4 is 51.5 Å². The molecule has 4 radical (unpaired) electrons. The van der Waals surface area contributed by atoms with Gasteiger partial charge in [0.05, 0.1) is 52.4 Å². The third kappa shape index (κ3) is 10.4. The molecule has 10 nitrogen and oxygen atoms in total. The monoisotopic (exact) mass is 617 g/mol. The van der Waals surface area contributed by atoms with Crippen LogP contribution in [0.3, 0.4) is 0 Å². The van der Waals surface area contributed by atoms with Crippen molar-refractivity contribution in [3.8, 4) is 11.6 Å². The molecule has 3 N–H and O–H groups in total. The molecule has 44 heavy (non-hydrogen) atoms. The Morgan fingerprint density at radius 3 is 2.77 bits per heavy atom. The van der Waals surface area contributed by atoms with Gasteiger partial charge in [-0.1, -0.05) is 43.5 Å². The molecule has 0 bridgehead atoms. The molecule has 0 aliphatic heterocycles. The van der Waals surface area contributed by atoms with Crippen LogP contribution in [0.4, 0.5) is 5.69 Å². The Labute approximate surface area is 268 Å². The van der Waals surface area contributed by atoms with E-state index in [2.05, 4.69) is 26.9 Å². The Hall–Kier alpha value is -3.24. The van der Waals surface area contributed by atoms with Gasteiger partial charge >= 0.3 is 0 Å². The molecule has 2 aromatic rings. The van der Waals surface area contributed by atoms with Gasteiger partial charge in [-0.05, 0) is 61.6 Å². The van der Waals surface area contributed by atoms with Gasteiger partial charge in [0.2, 0.25) is 5.96 Å². The predicted octanol–water partition coefficient (Wildman–Crippen LogP) is 5.21. The zero-order chi connectivity index (χ0) is 31.4. The topological polar surface area (TPSA) is 121 Å². The first-order valence-electron chi connectivity index (χ1n) is 15.4. The van der Waals surface area contributed by atoms with Gasteiger partial charge in [-0.3, -0.25) is 9.67 Å². The van der Waals surface area contributed by atoms with E-state index in [1.807, 2.05) is 29.9 Å². The van der Waals surface area contributed by atoms with Crippen molar-refractivity contribution in [2.24, 2.45) is 26.6 Å². The van der Waals surface area contributed by atoms with Gasteiger partial charge < -0.3 is 25.3 Å². The Kier molecular flexibility index (Phi) is 12.8. The molecule has 0 amide bonds. The minimum absolute atomic E-state index is 0.178. The number of halogens is 1. The Balaban J connectivity index is 1.40. The second kappa shape index (κ2) is 16.7. The highest BCUT2D eigenvalue weighted by atomic mass is 35.5. The van der Waals surface area contributed by atoms with Crippen molar-refractivity contribution in [2.75, 3.05) is 25.1 Å². The highest BCUT2D eigenvalue weighted by Crippen LogP contribution is 2.38. The van der Waals surface area contributed by atoms with Crippen LogP contribution in [-0.4, -0.2) is 75.2 Å². The van der Waals surface area contributed by atoms with E-state index in [1.54, 1.807) is 12.3 Å². The summed E-state index contributed by atoms with van der Waals surface area (Å²) in [6, 6.07) is 5.95. The molecule has 0 unspecified atom stereocenters. The molecule has 4 rings (SSSR count). The molecule has 1 atom stereocenters. The lowest BCUT2D eigenvalue weighted by atomic mass is 9.62. The van der Waals surface area contributed by atoms with Gasteiger partial charge in [0.1, 0.15) is 17.5 Å². The molecule has 1 aromatic carbocycles. The second-order valence-corrected chi connectivity index (χ2v) is 11.7. The molecular formula is C31H42B2ClN7O3. The maximum atomic E-state index is 6.35. The quantitative estimate of drug-likeness (QED) is 0.116. The number of hydrogen-bond acceptors (Lipinski definition) is 6. The number of benzene rings is 1. The van der Waals surface area contributed by atoms with E-state index in [4.69, 9.17) is 52.3 Å². The van der Waals surface area contributed by atoms with Gasteiger partial charge in [-0.15, -0.1) is 5.10 Å². The molecular weight excluding hydrogens is 575 g/mol. The summed E-state index contributed by atoms with van der Waals surface area (Å²) in [4.78, 5) is 12.9. The van der Waals surface area contributed by atoms with E-state index in [-0.39, 0.29) is 12.0 Å². The van der Waals surface area contributed by atoms with Crippen LogP contribution < -0.4 is 20.5 Å². The zero-order valence-electron chi connectivity index (χ0n) is 25.5. The van der Waals surface area contributed by atoms with E-state index in [0.717, 1.165) is 31.2 Å². The molecule has 1 aromatic heterocycles. The summed E-state index contributed by atoms with van der Waals surface area (Å²) in [6.45, 7) is 6.89. The van der Waals surface area contributed by atoms with Crippen LogP contribution in [0.15, 0.2) is 52.2 Å². The van der Waals surface area contributed by atoms with E-state index >= 15 is 0 Å². The maximum absolute atomic E-state index is 6.35. The molecule has 232 valence electrons. The lowest BCUT2D eigenvalue weighted by Crippen LogP contribution is -2.36. The summed E-state index contributed by atoms with van der Waals surface area (Å²) in [7, 11) is 12.1. The number of nitrogens with two attached hydrogens (primary N) is 1. The number of nitrogens with one attached hydrogen (secondary N) is 1. The van der Waals surface area contributed by atoms with E-state index in [9.17, 15) is 0 Å². The first-order valence-corrected chi connectivity index (χ1v) is 15.7. The number of anilines is 1. The normalized spacial score (nSPS) is 17.3. The SMILES string of the molecule is [B]C([B])(OCCCOc1nn(C2CCCCC2)cc1NC(N=CCc1ccc(Cl)c(O[C@@H](C)CN=CN)c1)=NC=C)C1CC1. The lowest BCUT2D eigenvalue weighted by Gasteiger charge is -2.26. The third-order valence-corrected chi connectivity index (χ3v) is 7.85. The Bertz CT molecular complexity index is 1310. The number of aliphatic imine (C=N–C) groups is 3. The minimum atomic E-state index is -1.07. The first-order chi connectivity index (χ1) is 21.3. The van der Waals surface area contributed by atoms with Crippen molar-refractivity contribution in [3.05, 3.63) is 47.8 Å². The van der Waals surface area contributed by atoms with Crippen molar-refractivity contribution in [1.82, 2.24) is 9.78 Å². The molecule has 0 saturated heterocycles. The van der Waals surface area contributed by atoms with Crippen LogP contribution in [0.1, 0.15) is 69.9 Å². The van der Waals surface area contributed by atoms with Gasteiger partial charge in [0.25, 0.3) is 5.88 Å². The highest BCUT2D eigenvalue weighted by Gasteiger charge is 2.37. The predicted molar refractivity (Wildman–Crippen MR) is 180 cm³/mol. The maximum Gasteiger partial charge on any atom is 0.256 e. The van der Waals surface area contributed by atoms with Gasteiger partial charge in [0, 0.05) is 31.9 Å². The number of rotatable bonds is 16. The average Bonchev–Trinajstić information content (AvgIpc) is 3.81. The number of hydrogen-bond donors (Lipinski definition) is 2. The third-order valence-electron chi connectivity index (χ3n) is 7.53. The fourth-order valence-corrected chi connectivity index (χ4v) is 5.16. The largest absolute Gasteiger partial charge is 0.487 e. The van der Waals surface area contributed by atoms with Gasteiger partial charge in [-0.2, -0.15) is 0 Å². The molecule has 2 aliphatic rings. The summed E-state index contributed by atoms with van der Waals surface area (Å²) in [6.07, 6.45) is 15.2. The zero-order valence-corrected chi connectivity index (χ0v) is 26.3. The van der Waals surface area contributed by atoms with Crippen LogP contribution in [-0.2, 0) is 11.2 Å². The fraction of sp³-hybridized carbons (Fsp3) is 0.548. The van der Waals surface area contributed by atoms with Crippen LogP contribution in [0, 0.1) is 5.92 Å². The first kappa shape index (κ1) is 33.6. The van der Waals surface area contributed by atoms with Crippen molar-refractivity contribution in [3.63, 3.8) is 0 Å². The van der Waals surface area contributed by atoms with E-state index in [1.165, 1.54) is 31.8 Å². The molecule has 2 fully saturated rings. The number of guanidine groups is 1. The van der Waals surface area contributed by atoms with Crippen molar-refractivity contribution in [1.29, 1.82) is 0 Å². The van der Waals surface area contributed by atoms with Crippen LogP contribution in [0.2, 0.25) is 5.02 Å². The number of nitrogens with zero attached hydrogens (tertiary/aromatic N) is 5. The Morgan fingerprint density at radius 1 is 1.25 bits per heavy atom. The van der Waals surface area contributed by atoms with Crippen LogP contribution in [0.5, 0.6) is 11.6 Å². The minimum Gasteiger partial charge on any atom is -0.487 e. The molecule has 0 spiro atoms. The summed E-state index contributed by atoms with van der Waals surface area (Å²) < 4.78 is 19.7. The molecule has 2 saturated carbocycles.